The molecule has 2 nitrogen and oxygen atoms in total. The number of rotatable bonds is 2. The summed E-state index contributed by atoms with van der Waals surface area (Å²) in [4.78, 5) is 1.76. The first-order valence-corrected chi connectivity index (χ1v) is 7.53. The highest BCUT2D eigenvalue weighted by atomic mass is 35.5. The van der Waals surface area contributed by atoms with Crippen molar-refractivity contribution in [1.82, 2.24) is 0 Å². The maximum Gasteiger partial charge on any atom is 0.157 e. The van der Waals surface area contributed by atoms with Crippen LogP contribution in [0.3, 0.4) is 0 Å². The van der Waals surface area contributed by atoms with Gasteiger partial charge in [-0.1, -0.05) is 59.2 Å². The molecule has 102 valence electrons. The average Bonchev–Trinajstić information content (AvgIpc) is 2.36. The number of nitrogens with two attached hydrogens (primary N) is 2. The Bertz CT molecular complexity index is 501. The molecule has 0 amide bonds. The zero-order valence-electron chi connectivity index (χ0n) is 9.96. The third-order valence-electron chi connectivity index (χ3n) is 2.07. The van der Waals surface area contributed by atoms with E-state index in [0.29, 0.717) is 5.69 Å². The summed E-state index contributed by atoms with van der Waals surface area (Å²) >= 11 is 16.5. The molecular formula is C13H14Cl2N2S2. The average molecular weight is 333 g/mol. The van der Waals surface area contributed by atoms with Gasteiger partial charge in [-0.25, -0.2) is 0 Å². The Morgan fingerprint density at radius 1 is 0.895 bits per heavy atom. The number of hydrogen-bond acceptors (Lipinski definition) is 4. The normalized spacial score (nSPS) is 9.89. The summed E-state index contributed by atoms with van der Waals surface area (Å²) in [6.45, 7) is 0. The van der Waals surface area contributed by atoms with Gasteiger partial charge in [0.25, 0.3) is 0 Å². The first kappa shape index (κ1) is 16.4. The van der Waals surface area contributed by atoms with Gasteiger partial charge >= 0.3 is 0 Å². The third kappa shape index (κ3) is 6.34. The predicted molar refractivity (Wildman–Crippen MR) is 90.3 cm³/mol. The van der Waals surface area contributed by atoms with Crippen molar-refractivity contribution in [3.8, 4) is 0 Å². The molecular weight excluding hydrogens is 319 g/mol. The molecule has 0 fully saturated rings. The molecule has 0 saturated carbocycles. The van der Waals surface area contributed by atoms with Crippen molar-refractivity contribution in [2.24, 2.45) is 0 Å². The van der Waals surface area contributed by atoms with Crippen molar-refractivity contribution in [2.75, 3.05) is 11.5 Å². The number of hydrogen-bond donors (Lipinski definition) is 3. The van der Waals surface area contributed by atoms with Crippen molar-refractivity contribution < 1.29 is 0 Å². The number of benzene rings is 2. The molecule has 0 aliphatic carbocycles. The molecule has 19 heavy (non-hydrogen) atoms. The van der Waals surface area contributed by atoms with Gasteiger partial charge in [-0.05, 0) is 24.3 Å². The number of anilines is 2. The zero-order chi connectivity index (χ0) is 14.3. The van der Waals surface area contributed by atoms with Crippen LogP contribution in [0.15, 0.2) is 58.3 Å². The number of nitrogen functional groups attached to an aromatic ring is 2. The number of thioether (sulfide) groups is 1. The number of halogens is 2. The highest BCUT2D eigenvalue weighted by Gasteiger charge is 2.03. The minimum absolute atomic E-state index is 0.459. The van der Waals surface area contributed by atoms with E-state index in [2.05, 4.69) is 12.6 Å². The molecule has 0 saturated heterocycles. The molecule has 0 aromatic heterocycles. The summed E-state index contributed by atoms with van der Waals surface area (Å²) in [6, 6.07) is 14.9. The molecule has 0 spiro atoms. The van der Waals surface area contributed by atoms with Gasteiger partial charge in [0.15, 0.2) is 4.17 Å². The van der Waals surface area contributed by atoms with Crippen LogP contribution in [0.4, 0.5) is 11.4 Å². The van der Waals surface area contributed by atoms with Gasteiger partial charge in [-0.15, -0.1) is 12.6 Å². The van der Waals surface area contributed by atoms with Crippen LogP contribution < -0.4 is 11.5 Å². The van der Waals surface area contributed by atoms with Crippen molar-refractivity contribution in [3.05, 3.63) is 48.5 Å². The Kier molecular flexibility index (Phi) is 7.31. The summed E-state index contributed by atoms with van der Waals surface area (Å²) < 4.78 is -0.459. The highest BCUT2D eigenvalue weighted by molar-refractivity contribution is 8.02. The van der Waals surface area contributed by atoms with Crippen LogP contribution in [0.1, 0.15) is 0 Å². The van der Waals surface area contributed by atoms with Crippen LogP contribution in [0, 0.1) is 0 Å². The van der Waals surface area contributed by atoms with Crippen LogP contribution in [0.25, 0.3) is 0 Å². The molecule has 2 rings (SSSR count). The van der Waals surface area contributed by atoms with Gasteiger partial charge in [0, 0.05) is 21.2 Å². The lowest BCUT2D eigenvalue weighted by atomic mass is 10.3. The first-order valence-electron chi connectivity index (χ1n) is 5.33. The fourth-order valence-electron chi connectivity index (χ4n) is 1.17. The largest absolute Gasteiger partial charge is 0.398 e. The Hall–Kier alpha value is -0.680. The third-order valence-corrected chi connectivity index (χ3v) is 3.82. The second kappa shape index (κ2) is 8.48. The Balaban J connectivity index is 0.000000200. The molecule has 2 aromatic carbocycles. The second-order valence-electron chi connectivity index (χ2n) is 3.48. The Morgan fingerprint density at radius 2 is 1.42 bits per heavy atom. The van der Waals surface area contributed by atoms with Crippen LogP contribution in [-0.4, -0.2) is 4.17 Å². The van der Waals surface area contributed by atoms with Gasteiger partial charge in [-0.3, -0.25) is 0 Å². The minimum Gasteiger partial charge on any atom is -0.398 e. The van der Waals surface area contributed by atoms with Gasteiger partial charge in [-0.2, -0.15) is 0 Å². The van der Waals surface area contributed by atoms with E-state index in [1.807, 2.05) is 48.5 Å². The fourth-order valence-corrected chi connectivity index (χ4v) is 2.46. The van der Waals surface area contributed by atoms with Crippen LogP contribution >= 0.6 is 47.6 Å². The standard InChI is InChI=1S/C7H7Cl2NS.C6H7NS/c8-7(9)11-6-4-2-1-3-5(6)10;7-5-3-1-2-4-6(5)8/h1-4,7H,10H2;1-4,8H,7H2. The van der Waals surface area contributed by atoms with Crippen LogP contribution in [-0.2, 0) is 0 Å². The molecule has 0 aliphatic rings. The maximum absolute atomic E-state index is 5.63. The fraction of sp³-hybridized carbons (Fsp3) is 0.0769. The van der Waals surface area contributed by atoms with Gasteiger partial charge in [0.1, 0.15) is 0 Å². The monoisotopic (exact) mass is 332 g/mol. The van der Waals surface area contributed by atoms with E-state index in [4.69, 9.17) is 34.7 Å². The number of thiol groups is 1. The summed E-state index contributed by atoms with van der Waals surface area (Å²) in [7, 11) is 0. The predicted octanol–water partition coefficient (Wildman–Crippen LogP) is 4.68. The highest BCUT2D eigenvalue weighted by Crippen LogP contribution is 2.32. The molecule has 0 unspecified atom stereocenters. The molecule has 4 N–H and O–H groups in total. The quantitative estimate of drug-likeness (QED) is 0.324. The first-order chi connectivity index (χ1) is 9.00. The number of alkyl halides is 2. The van der Waals surface area contributed by atoms with Crippen LogP contribution in [0.5, 0.6) is 0 Å². The smallest absolute Gasteiger partial charge is 0.157 e. The summed E-state index contributed by atoms with van der Waals surface area (Å²) in [6.07, 6.45) is 0. The lowest BCUT2D eigenvalue weighted by Crippen LogP contribution is -1.88. The lowest BCUT2D eigenvalue weighted by molar-refractivity contribution is 1.46. The Morgan fingerprint density at radius 3 is 1.84 bits per heavy atom. The van der Waals surface area contributed by atoms with E-state index < -0.39 is 4.17 Å². The SMILES string of the molecule is Nc1ccccc1S.Nc1ccccc1SC(Cl)Cl. The lowest BCUT2D eigenvalue weighted by Gasteiger charge is -2.03. The van der Waals surface area contributed by atoms with Crippen molar-refractivity contribution >= 4 is 59.0 Å². The topological polar surface area (TPSA) is 52.0 Å². The van der Waals surface area contributed by atoms with E-state index in [9.17, 15) is 0 Å². The summed E-state index contributed by atoms with van der Waals surface area (Å²) in [5.74, 6) is 0. The number of para-hydroxylation sites is 2. The van der Waals surface area contributed by atoms with Gasteiger partial charge in [0.2, 0.25) is 0 Å². The van der Waals surface area contributed by atoms with Gasteiger partial charge in [0.05, 0.1) is 0 Å². The molecule has 0 heterocycles. The van der Waals surface area contributed by atoms with Crippen molar-refractivity contribution in [1.29, 1.82) is 0 Å². The molecule has 0 radical (unpaired) electrons. The summed E-state index contributed by atoms with van der Waals surface area (Å²) in [5.41, 5.74) is 12.5. The Labute approximate surface area is 132 Å². The van der Waals surface area contributed by atoms with Crippen LogP contribution in [0.2, 0.25) is 0 Å². The van der Waals surface area contributed by atoms with Crippen molar-refractivity contribution in [3.63, 3.8) is 0 Å². The second-order valence-corrected chi connectivity index (χ2v) is 6.72. The van der Waals surface area contributed by atoms with E-state index in [1.165, 1.54) is 11.8 Å². The molecule has 6 heteroatoms. The molecule has 2 aromatic rings. The molecule has 0 bridgehead atoms. The molecule has 0 atom stereocenters. The van der Waals surface area contributed by atoms with E-state index in [0.717, 1.165) is 15.5 Å². The van der Waals surface area contributed by atoms with E-state index in [1.54, 1.807) is 0 Å². The summed E-state index contributed by atoms with van der Waals surface area (Å²) in [5, 5.41) is 0. The van der Waals surface area contributed by atoms with Gasteiger partial charge < -0.3 is 11.5 Å². The molecule has 0 aliphatic heterocycles. The van der Waals surface area contributed by atoms with E-state index in [-0.39, 0.29) is 0 Å². The van der Waals surface area contributed by atoms with Crippen molar-refractivity contribution in [2.45, 2.75) is 14.0 Å². The zero-order valence-corrected chi connectivity index (χ0v) is 13.2. The minimum atomic E-state index is -0.459. The van der Waals surface area contributed by atoms with E-state index >= 15 is 0 Å². The maximum atomic E-state index is 5.63.